The van der Waals surface area contributed by atoms with Gasteiger partial charge in [0.15, 0.2) is 0 Å². The van der Waals surface area contributed by atoms with Crippen molar-refractivity contribution in [2.75, 3.05) is 6.61 Å². The van der Waals surface area contributed by atoms with E-state index in [1.54, 1.807) is 6.07 Å². The van der Waals surface area contributed by atoms with Crippen molar-refractivity contribution in [3.05, 3.63) is 35.1 Å². The predicted octanol–water partition coefficient (Wildman–Crippen LogP) is 4.26. The van der Waals surface area contributed by atoms with Crippen LogP contribution in [0, 0.1) is 18.7 Å². The Morgan fingerprint density at radius 2 is 2.05 bits per heavy atom. The van der Waals surface area contributed by atoms with Gasteiger partial charge in [0, 0.05) is 12.6 Å². The lowest BCUT2D eigenvalue weighted by molar-refractivity contribution is -0.120. The van der Waals surface area contributed by atoms with Crippen molar-refractivity contribution in [2.45, 2.75) is 63.5 Å². The van der Waals surface area contributed by atoms with Gasteiger partial charge >= 0.3 is 0 Å². The van der Waals surface area contributed by atoms with E-state index in [1.165, 1.54) is 38.2 Å². The molecule has 21 heavy (non-hydrogen) atoms. The van der Waals surface area contributed by atoms with Gasteiger partial charge in [-0.15, -0.1) is 0 Å². The molecule has 2 unspecified atom stereocenters. The Morgan fingerprint density at radius 3 is 2.76 bits per heavy atom. The summed E-state index contributed by atoms with van der Waals surface area (Å²) < 4.78 is 19.4. The smallest absolute Gasteiger partial charge is 0.123 e. The van der Waals surface area contributed by atoms with Crippen LogP contribution in [-0.4, -0.2) is 12.2 Å². The van der Waals surface area contributed by atoms with Crippen LogP contribution in [0.4, 0.5) is 4.39 Å². The van der Waals surface area contributed by atoms with Crippen LogP contribution in [0.5, 0.6) is 0 Å². The number of ether oxygens (including phenoxy) is 1. The summed E-state index contributed by atoms with van der Waals surface area (Å²) in [5, 5.41) is 0. The van der Waals surface area contributed by atoms with E-state index in [1.807, 2.05) is 13.0 Å². The highest BCUT2D eigenvalue weighted by Gasteiger charge is 2.40. The van der Waals surface area contributed by atoms with Gasteiger partial charge in [0.2, 0.25) is 0 Å². The van der Waals surface area contributed by atoms with Crippen LogP contribution < -0.4 is 5.73 Å². The number of hydrogen-bond acceptors (Lipinski definition) is 2. The van der Waals surface area contributed by atoms with E-state index in [2.05, 4.69) is 0 Å². The molecule has 3 rings (SSSR count). The lowest BCUT2D eigenvalue weighted by Crippen LogP contribution is -2.44. The summed E-state index contributed by atoms with van der Waals surface area (Å²) in [5.41, 5.74) is 8.67. The van der Waals surface area contributed by atoms with E-state index in [0.717, 1.165) is 30.6 Å². The Bertz CT molecular complexity index is 490. The number of halogens is 1. The summed E-state index contributed by atoms with van der Waals surface area (Å²) in [5.74, 6) is 0.264. The van der Waals surface area contributed by atoms with E-state index in [9.17, 15) is 4.39 Å². The maximum absolute atomic E-state index is 13.3. The zero-order valence-corrected chi connectivity index (χ0v) is 12.9. The van der Waals surface area contributed by atoms with Crippen molar-refractivity contribution >= 4 is 0 Å². The Morgan fingerprint density at radius 1 is 1.29 bits per heavy atom. The van der Waals surface area contributed by atoms with Gasteiger partial charge in [-0.05, 0) is 61.8 Å². The van der Waals surface area contributed by atoms with Gasteiger partial charge in [0.25, 0.3) is 0 Å². The molecule has 1 aromatic rings. The molecule has 3 heteroatoms. The van der Waals surface area contributed by atoms with E-state index < -0.39 is 0 Å². The molecule has 1 saturated carbocycles. The zero-order chi connectivity index (χ0) is 14.9. The largest absolute Gasteiger partial charge is 0.375 e. The third kappa shape index (κ3) is 3.14. The first-order valence-electron chi connectivity index (χ1n) is 8.25. The van der Waals surface area contributed by atoms with Crippen LogP contribution in [0.2, 0.25) is 0 Å². The lowest BCUT2D eigenvalue weighted by atomic mass is 9.73. The van der Waals surface area contributed by atoms with Gasteiger partial charge in [-0.3, -0.25) is 0 Å². The Labute approximate surface area is 126 Å². The summed E-state index contributed by atoms with van der Waals surface area (Å²) in [6.07, 6.45) is 8.32. The minimum atomic E-state index is -0.181. The standard InChI is InChI=1S/C18H26FNO/c1-13-11-15(19)5-6-16(13)17(20)14-7-10-21-18(12-14)8-3-2-4-9-18/h5-6,11,14,17H,2-4,7-10,12,20H2,1H3. The van der Waals surface area contributed by atoms with Crippen LogP contribution in [0.15, 0.2) is 18.2 Å². The molecule has 2 fully saturated rings. The molecule has 1 spiro atoms. The van der Waals surface area contributed by atoms with Gasteiger partial charge in [-0.25, -0.2) is 4.39 Å². The first-order chi connectivity index (χ1) is 10.1. The SMILES string of the molecule is Cc1cc(F)ccc1C(N)C1CCOC2(CCCCC2)C1. The molecule has 2 atom stereocenters. The van der Waals surface area contributed by atoms with E-state index in [4.69, 9.17) is 10.5 Å². The first kappa shape index (κ1) is 15.0. The molecule has 0 amide bonds. The maximum atomic E-state index is 13.3. The fraction of sp³-hybridized carbons (Fsp3) is 0.667. The van der Waals surface area contributed by atoms with Crippen LogP contribution in [0.25, 0.3) is 0 Å². The molecule has 0 bridgehead atoms. The molecule has 1 heterocycles. The highest BCUT2D eigenvalue weighted by atomic mass is 19.1. The third-order valence-corrected chi connectivity index (χ3v) is 5.39. The molecule has 1 saturated heterocycles. The Hall–Kier alpha value is -0.930. The van der Waals surface area contributed by atoms with Gasteiger partial charge in [-0.2, -0.15) is 0 Å². The average molecular weight is 291 g/mol. The van der Waals surface area contributed by atoms with Crippen LogP contribution in [-0.2, 0) is 4.74 Å². The minimum Gasteiger partial charge on any atom is -0.375 e. The van der Waals surface area contributed by atoms with Gasteiger partial charge in [0.1, 0.15) is 5.82 Å². The second-order valence-electron chi connectivity index (χ2n) is 6.87. The van der Waals surface area contributed by atoms with Gasteiger partial charge in [-0.1, -0.05) is 25.3 Å². The number of nitrogens with two attached hydrogens (primary N) is 1. The molecule has 0 aromatic heterocycles. The molecule has 1 aliphatic carbocycles. The second-order valence-corrected chi connectivity index (χ2v) is 6.87. The van der Waals surface area contributed by atoms with E-state index in [-0.39, 0.29) is 17.5 Å². The van der Waals surface area contributed by atoms with Crippen molar-refractivity contribution in [3.63, 3.8) is 0 Å². The molecule has 1 aromatic carbocycles. The van der Waals surface area contributed by atoms with Crippen LogP contribution in [0.1, 0.15) is 62.1 Å². The molecule has 1 aliphatic heterocycles. The molecular weight excluding hydrogens is 265 g/mol. The minimum absolute atomic E-state index is 0.00620. The molecule has 116 valence electrons. The number of hydrogen-bond donors (Lipinski definition) is 1. The summed E-state index contributed by atoms with van der Waals surface area (Å²) in [4.78, 5) is 0. The lowest BCUT2D eigenvalue weighted by Gasteiger charge is -2.45. The molecule has 2 nitrogen and oxygen atoms in total. The summed E-state index contributed by atoms with van der Waals surface area (Å²) >= 11 is 0. The van der Waals surface area contributed by atoms with E-state index in [0.29, 0.717) is 5.92 Å². The highest BCUT2D eigenvalue weighted by molar-refractivity contribution is 5.30. The molecule has 2 N–H and O–H groups in total. The van der Waals surface area contributed by atoms with E-state index >= 15 is 0 Å². The summed E-state index contributed by atoms with van der Waals surface area (Å²) in [7, 11) is 0. The van der Waals surface area contributed by atoms with Crippen molar-refractivity contribution < 1.29 is 9.13 Å². The number of rotatable bonds is 2. The number of benzene rings is 1. The normalized spacial score (nSPS) is 26.7. The molecule has 2 aliphatic rings. The van der Waals surface area contributed by atoms with Crippen molar-refractivity contribution in [1.29, 1.82) is 0 Å². The van der Waals surface area contributed by atoms with Gasteiger partial charge in [0.05, 0.1) is 5.60 Å². The number of aryl methyl sites for hydroxylation is 1. The van der Waals surface area contributed by atoms with Crippen LogP contribution >= 0.6 is 0 Å². The second kappa shape index (κ2) is 6.05. The predicted molar refractivity (Wildman–Crippen MR) is 82.6 cm³/mol. The Kier molecular flexibility index (Phi) is 4.32. The molecular formula is C18H26FNO. The average Bonchev–Trinajstić information content (AvgIpc) is 2.47. The highest BCUT2D eigenvalue weighted by Crippen LogP contribution is 2.43. The maximum Gasteiger partial charge on any atom is 0.123 e. The summed E-state index contributed by atoms with van der Waals surface area (Å²) in [6.45, 7) is 2.77. The van der Waals surface area contributed by atoms with Crippen molar-refractivity contribution in [3.8, 4) is 0 Å². The Balaban J connectivity index is 1.76. The zero-order valence-electron chi connectivity index (χ0n) is 12.9. The monoisotopic (exact) mass is 291 g/mol. The first-order valence-corrected chi connectivity index (χ1v) is 8.25. The third-order valence-electron chi connectivity index (χ3n) is 5.39. The fourth-order valence-electron chi connectivity index (χ4n) is 4.18. The topological polar surface area (TPSA) is 35.2 Å². The van der Waals surface area contributed by atoms with Gasteiger partial charge < -0.3 is 10.5 Å². The fourth-order valence-corrected chi connectivity index (χ4v) is 4.18. The van der Waals surface area contributed by atoms with Crippen molar-refractivity contribution in [1.82, 2.24) is 0 Å². The summed E-state index contributed by atoms with van der Waals surface area (Å²) in [6, 6.07) is 4.97. The molecule has 0 radical (unpaired) electrons. The van der Waals surface area contributed by atoms with Crippen LogP contribution in [0.3, 0.4) is 0 Å². The van der Waals surface area contributed by atoms with Crippen molar-refractivity contribution in [2.24, 2.45) is 11.7 Å². The quantitative estimate of drug-likeness (QED) is 0.883.